The Morgan fingerprint density at radius 1 is 1.35 bits per heavy atom. The van der Waals surface area contributed by atoms with Crippen LogP contribution in [0.15, 0.2) is 21.5 Å². The molecule has 1 aromatic carbocycles. The van der Waals surface area contributed by atoms with Crippen molar-refractivity contribution in [3.05, 3.63) is 22.2 Å². The van der Waals surface area contributed by atoms with Gasteiger partial charge in [0.15, 0.2) is 0 Å². The van der Waals surface area contributed by atoms with Gasteiger partial charge in [-0.1, -0.05) is 29.8 Å². The zero-order chi connectivity index (χ0) is 15.6. The standard InChI is InChI=1S/C13H21BrN2O3S/c1-4-13(17,5-2)8-16-20(18,19)12-7-10(14)6-11(15)9(12)3/h6-7,16-17H,4-5,8,15H2,1-3H3. The summed E-state index contributed by atoms with van der Waals surface area (Å²) in [4.78, 5) is 0.124. The lowest BCUT2D eigenvalue weighted by Gasteiger charge is -2.25. The molecule has 7 heteroatoms. The molecule has 0 amide bonds. The van der Waals surface area contributed by atoms with Crippen LogP contribution in [0.25, 0.3) is 0 Å². The smallest absolute Gasteiger partial charge is 0.241 e. The molecule has 1 rings (SSSR count). The number of hydrogen-bond donors (Lipinski definition) is 3. The van der Waals surface area contributed by atoms with E-state index < -0.39 is 15.6 Å². The molecule has 1 aromatic rings. The van der Waals surface area contributed by atoms with Gasteiger partial charge in [0.1, 0.15) is 0 Å². The maximum atomic E-state index is 12.3. The minimum Gasteiger partial charge on any atom is -0.398 e. The second-order valence-electron chi connectivity index (χ2n) is 4.87. The van der Waals surface area contributed by atoms with Gasteiger partial charge in [0.05, 0.1) is 10.5 Å². The molecule has 114 valence electrons. The molecule has 0 heterocycles. The Morgan fingerprint density at radius 3 is 2.40 bits per heavy atom. The number of rotatable bonds is 6. The van der Waals surface area contributed by atoms with Crippen LogP contribution in [0, 0.1) is 6.92 Å². The molecule has 0 aliphatic heterocycles. The maximum absolute atomic E-state index is 12.3. The molecular formula is C13H21BrN2O3S. The van der Waals surface area contributed by atoms with Gasteiger partial charge in [0.25, 0.3) is 0 Å². The predicted octanol–water partition coefficient (Wildman–Crippen LogP) is 2.17. The Bertz CT molecular complexity index is 584. The third-order valence-electron chi connectivity index (χ3n) is 3.56. The van der Waals surface area contributed by atoms with E-state index in [0.29, 0.717) is 28.6 Å². The molecule has 0 fully saturated rings. The second-order valence-corrected chi connectivity index (χ2v) is 7.53. The molecule has 0 radical (unpaired) electrons. The minimum atomic E-state index is -3.71. The number of benzene rings is 1. The summed E-state index contributed by atoms with van der Waals surface area (Å²) in [5.41, 5.74) is 5.65. The van der Waals surface area contributed by atoms with Crippen LogP contribution in [0.1, 0.15) is 32.3 Å². The van der Waals surface area contributed by atoms with E-state index in [1.54, 1.807) is 13.0 Å². The lowest BCUT2D eigenvalue weighted by molar-refractivity contribution is 0.0377. The highest BCUT2D eigenvalue weighted by Crippen LogP contribution is 2.26. The number of sulfonamides is 1. The van der Waals surface area contributed by atoms with Crippen LogP contribution in [0.2, 0.25) is 0 Å². The van der Waals surface area contributed by atoms with Gasteiger partial charge in [-0.25, -0.2) is 13.1 Å². The van der Waals surface area contributed by atoms with E-state index in [9.17, 15) is 13.5 Å². The van der Waals surface area contributed by atoms with Crippen molar-refractivity contribution >= 4 is 31.6 Å². The molecule has 0 atom stereocenters. The lowest BCUT2D eigenvalue weighted by Crippen LogP contribution is -2.42. The summed E-state index contributed by atoms with van der Waals surface area (Å²) in [6.07, 6.45) is 0.956. The van der Waals surface area contributed by atoms with Crippen molar-refractivity contribution in [1.29, 1.82) is 0 Å². The summed E-state index contributed by atoms with van der Waals surface area (Å²) in [6.45, 7) is 5.27. The minimum absolute atomic E-state index is 0.0197. The van der Waals surface area contributed by atoms with Crippen molar-refractivity contribution in [1.82, 2.24) is 4.72 Å². The van der Waals surface area contributed by atoms with Crippen LogP contribution < -0.4 is 10.5 Å². The first-order valence-electron chi connectivity index (χ1n) is 6.43. The third-order valence-corrected chi connectivity index (χ3v) is 5.55. The lowest BCUT2D eigenvalue weighted by atomic mass is 9.98. The molecule has 0 aliphatic rings. The fourth-order valence-electron chi connectivity index (χ4n) is 1.76. The highest BCUT2D eigenvalue weighted by molar-refractivity contribution is 9.10. The molecule has 0 spiro atoms. The SMILES string of the molecule is CCC(O)(CC)CNS(=O)(=O)c1cc(Br)cc(N)c1C. The fraction of sp³-hybridized carbons (Fsp3) is 0.538. The van der Waals surface area contributed by atoms with E-state index in [0.717, 1.165) is 0 Å². The number of anilines is 1. The highest BCUT2D eigenvalue weighted by Gasteiger charge is 2.26. The molecule has 20 heavy (non-hydrogen) atoms. The van der Waals surface area contributed by atoms with Crippen molar-refractivity contribution < 1.29 is 13.5 Å². The summed E-state index contributed by atoms with van der Waals surface area (Å²) in [6, 6.07) is 3.16. The van der Waals surface area contributed by atoms with Crippen molar-refractivity contribution in [3.63, 3.8) is 0 Å². The number of nitrogens with one attached hydrogen (secondary N) is 1. The average Bonchev–Trinajstić information content (AvgIpc) is 2.40. The zero-order valence-corrected chi connectivity index (χ0v) is 14.3. The van der Waals surface area contributed by atoms with Crippen molar-refractivity contribution in [3.8, 4) is 0 Å². The summed E-state index contributed by atoms with van der Waals surface area (Å²) >= 11 is 3.24. The molecule has 5 nitrogen and oxygen atoms in total. The normalized spacial score (nSPS) is 12.7. The van der Waals surface area contributed by atoms with Crippen LogP contribution in [0.5, 0.6) is 0 Å². The number of nitrogen functional groups attached to an aromatic ring is 1. The number of aliphatic hydroxyl groups is 1. The Morgan fingerprint density at radius 2 is 1.90 bits per heavy atom. The third kappa shape index (κ3) is 3.94. The molecule has 0 aliphatic carbocycles. The Balaban J connectivity index is 3.07. The van der Waals surface area contributed by atoms with Gasteiger partial charge in [0, 0.05) is 16.7 Å². The van der Waals surface area contributed by atoms with Crippen LogP contribution >= 0.6 is 15.9 Å². The summed E-state index contributed by atoms with van der Waals surface area (Å²) in [5, 5.41) is 10.2. The van der Waals surface area contributed by atoms with Crippen LogP contribution in [-0.4, -0.2) is 25.7 Å². The summed E-state index contributed by atoms with van der Waals surface area (Å²) < 4.78 is 27.7. The summed E-state index contributed by atoms with van der Waals surface area (Å²) in [7, 11) is -3.71. The van der Waals surface area contributed by atoms with Gasteiger partial charge < -0.3 is 10.8 Å². The number of halogens is 1. The van der Waals surface area contributed by atoms with Crippen LogP contribution in [0.4, 0.5) is 5.69 Å². The largest absolute Gasteiger partial charge is 0.398 e. The van der Waals surface area contributed by atoms with Gasteiger partial charge in [0.2, 0.25) is 10.0 Å². The zero-order valence-electron chi connectivity index (χ0n) is 11.9. The topological polar surface area (TPSA) is 92.4 Å². The van der Waals surface area contributed by atoms with E-state index in [4.69, 9.17) is 5.73 Å². The van der Waals surface area contributed by atoms with Crippen molar-refractivity contribution in [2.45, 2.75) is 44.1 Å². The molecule has 0 bridgehead atoms. The first-order chi connectivity index (χ1) is 9.15. The van der Waals surface area contributed by atoms with E-state index in [1.807, 2.05) is 13.8 Å². The Labute approximate surface area is 128 Å². The van der Waals surface area contributed by atoms with Gasteiger partial charge in [-0.15, -0.1) is 0 Å². The van der Waals surface area contributed by atoms with Crippen LogP contribution in [-0.2, 0) is 10.0 Å². The quantitative estimate of drug-likeness (QED) is 0.674. The summed E-state index contributed by atoms with van der Waals surface area (Å²) in [5.74, 6) is 0. The first-order valence-corrected chi connectivity index (χ1v) is 8.70. The molecule has 0 unspecified atom stereocenters. The molecule has 0 saturated carbocycles. The van der Waals surface area contributed by atoms with E-state index in [-0.39, 0.29) is 11.4 Å². The Hall–Kier alpha value is -0.630. The number of nitrogens with two attached hydrogens (primary N) is 1. The van der Waals surface area contributed by atoms with E-state index in [2.05, 4.69) is 20.7 Å². The maximum Gasteiger partial charge on any atom is 0.241 e. The van der Waals surface area contributed by atoms with Crippen molar-refractivity contribution in [2.75, 3.05) is 12.3 Å². The van der Waals surface area contributed by atoms with Crippen molar-refractivity contribution in [2.24, 2.45) is 0 Å². The van der Waals surface area contributed by atoms with Gasteiger partial charge in [-0.2, -0.15) is 0 Å². The molecule has 0 saturated heterocycles. The van der Waals surface area contributed by atoms with Gasteiger partial charge >= 0.3 is 0 Å². The fourth-order valence-corrected chi connectivity index (χ4v) is 3.80. The predicted molar refractivity (Wildman–Crippen MR) is 84.0 cm³/mol. The van der Waals surface area contributed by atoms with E-state index >= 15 is 0 Å². The first kappa shape index (κ1) is 17.4. The average molecular weight is 365 g/mol. The monoisotopic (exact) mass is 364 g/mol. The van der Waals surface area contributed by atoms with Gasteiger partial charge in [-0.3, -0.25) is 0 Å². The molecule has 0 aromatic heterocycles. The highest BCUT2D eigenvalue weighted by atomic mass is 79.9. The van der Waals surface area contributed by atoms with Crippen LogP contribution in [0.3, 0.4) is 0 Å². The molecule has 4 N–H and O–H groups in total. The second kappa shape index (κ2) is 6.43. The number of hydrogen-bond acceptors (Lipinski definition) is 4. The van der Waals surface area contributed by atoms with Gasteiger partial charge in [-0.05, 0) is 37.5 Å². The Kier molecular flexibility index (Phi) is 5.60. The molecular weight excluding hydrogens is 344 g/mol. The van der Waals surface area contributed by atoms with E-state index in [1.165, 1.54) is 6.07 Å².